The fraction of sp³-hybridized carbons (Fsp3) is 0.269. The number of benzene rings is 2. The van der Waals surface area contributed by atoms with Crippen molar-refractivity contribution in [3.05, 3.63) is 63.6 Å². The number of aromatic carboxylic acids is 1. The number of carbonyl (C=O) groups excluding carboxylic acids is 2. The van der Waals surface area contributed by atoms with Gasteiger partial charge >= 0.3 is 5.97 Å². The van der Waals surface area contributed by atoms with E-state index in [4.69, 9.17) is 4.74 Å². The average molecular weight is 495 g/mol. The Hall–Kier alpha value is -3.72. The summed E-state index contributed by atoms with van der Waals surface area (Å²) in [4.78, 5) is 41.5. The molecular weight excluding hydrogens is 471 g/mol. The summed E-state index contributed by atoms with van der Waals surface area (Å²) in [6, 6.07) is 10.9. The summed E-state index contributed by atoms with van der Waals surface area (Å²) in [6.07, 6.45) is -0.231. The molecule has 2 aromatic carbocycles. The average Bonchev–Trinajstić information content (AvgIpc) is 3.30. The maximum Gasteiger partial charge on any atom is 0.346 e. The van der Waals surface area contributed by atoms with Crippen LogP contribution < -0.4 is 15.0 Å². The van der Waals surface area contributed by atoms with Gasteiger partial charge in [0, 0.05) is 23.4 Å². The van der Waals surface area contributed by atoms with Crippen molar-refractivity contribution in [1.29, 1.82) is 0 Å². The van der Waals surface area contributed by atoms with E-state index in [1.165, 1.54) is 19.2 Å². The first-order valence-electron chi connectivity index (χ1n) is 11.1. The number of hydrogen-bond donors (Lipinski definition) is 2. The van der Waals surface area contributed by atoms with E-state index >= 15 is 0 Å². The lowest BCUT2D eigenvalue weighted by atomic mass is 9.74. The molecule has 1 spiro atoms. The van der Waals surface area contributed by atoms with Gasteiger partial charge < -0.3 is 20.1 Å². The molecule has 0 radical (unpaired) electrons. The first kappa shape index (κ1) is 23.0. The van der Waals surface area contributed by atoms with E-state index in [1.807, 2.05) is 13.8 Å². The Labute approximate surface area is 205 Å². The molecule has 1 atom stereocenters. The number of nitrogens with one attached hydrogen (secondary N) is 1. The van der Waals surface area contributed by atoms with Crippen molar-refractivity contribution in [3.8, 4) is 16.9 Å². The lowest BCUT2D eigenvalue weighted by Crippen LogP contribution is -2.46. The smallest absolute Gasteiger partial charge is 0.346 e. The quantitative estimate of drug-likeness (QED) is 0.527. The summed E-state index contributed by atoms with van der Waals surface area (Å²) >= 11 is 0.952. The zero-order chi connectivity index (χ0) is 25.1. The SMILES string of the molecule is COc1ccc(-c2c(C(=O)O)sc3c2NC(=O)CC32C(=O)N(CC(C)C)c3ccc(F)cc32)cc1. The molecule has 7 nitrogen and oxygen atoms in total. The molecule has 0 saturated heterocycles. The number of rotatable bonds is 5. The summed E-state index contributed by atoms with van der Waals surface area (Å²) in [5.74, 6) is -1.77. The van der Waals surface area contributed by atoms with Crippen LogP contribution in [0.1, 0.15) is 40.4 Å². The van der Waals surface area contributed by atoms with Gasteiger partial charge in [-0.15, -0.1) is 11.3 Å². The minimum Gasteiger partial charge on any atom is -0.497 e. The molecule has 0 bridgehead atoms. The van der Waals surface area contributed by atoms with Gasteiger partial charge in [-0.2, -0.15) is 0 Å². The van der Waals surface area contributed by atoms with E-state index < -0.39 is 23.1 Å². The minimum atomic E-state index is -1.50. The number of halogens is 1. The van der Waals surface area contributed by atoms with Crippen LogP contribution in [0, 0.1) is 11.7 Å². The standard InChI is InChI=1S/C26H23FN2O5S/c1-13(2)12-29-18-9-6-15(27)10-17(18)26(25(29)33)11-19(30)28-21-20(22(24(31)32)35-23(21)26)14-4-7-16(34-3)8-5-14/h4-10,13H,11-12H2,1-3H3,(H,28,30)(H,31,32). The van der Waals surface area contributed by atoms with Gasteiger partial charge in [-0.3, -0.25) is 9.59 Å². The molecule has 2 aliphatic rings. The van der Waals surface area contributed by atoms with Crippen LogP contribution in [0.15, 0.2) is 42.5 Å². The third kappa shape index (κ3) is 3.41. The highest BCUT2D eigenvalue weighted by Crippen LogP contribution is 2.57. The molecule has 35 heavy (non-hydrogen) atoms. The molecule has 9 heteroatoms. The highest BCUT2D eigenvalue weighted by Gasteiger charge is 2.58. The normalized spacial score (nSPS) is 18.6. The second kappa shape index (κ2) is 8.20. The van der Waals surface area contributed by atoms with E-state index in [1.54, 1.807) is 35.2 Å². The molecule has 180 valence electrons. The van der Waals surface area contributed by atoms with Crippen LogP contribution in [-0.4, -0.2) is 36.5 Å². The second-order valence-electron chi connectivity index (χ2n) is 9.15. The van der Waals surface area contributed by atoms with Crippen LogP contribution in [0.3, 0.4) is 0 Å². The van der Waals surface area contributed by atoms with E-state index in [2.05, 4.69) is 5.32 Å². The van der Waals surface area contributed by atoms with Crippen LogP contribution in [-0.2, 0) is 15.0 Å². The monoisotopic (exact) mass is 494 g/mol. The molecule has 5 rings (SSSR count). The summed E-state index contributed by atoms with van der Waals surface area (Å²) in [7, 11) is 1.53. The molecule has 3 heterocycles. The fourth-order valence-electron chi connectivity index (χ4n) is 5.02. The number of carboxylic acids is 1. The van der Waals surface area contributed by atoms with Crippen molar-refractivity contribution in [2.24, 2.45) is 5.92 Å². The molecule has 2 N–H and O–H groups in total. The largest absolute Gasteiger partial charge is 0.497 e. The maximum absolute atomic E-state index is 14.5. The highest BCUT2D eigenvalue weighted by atomic mass is 32.1. The number of nitrogens with zero attached hydrogens (tertiary/aromatic N) is 1. The van der Waals surface area contributed by atoms with Crippen LogP contribution >= 0.6 is 11.3 Å². The van der Waals surface area contributed by atoms with Gasteiger partial charge in [0.15, 0.2) is 0 Å². The Kier molecular flexibility index (Phi) is 5.40. The van der Waals surface area contributed by atoms with Crippen LogP contribution in [0.4, 0.5) is 15.8 Å². The van der Waals surface area contributed by atoms with Crippen molar-refractivity contribution >= 4 is 40.5 Å². The van der Waals surface area contributed by atoms with E-state index in [0.29, 0.717) is 39.5 Å². The van der Waals surface area contributed by atoms with Crippen LogP contribution in [0.25, 0.3) is 11.1 Å². The third-order valence-electron chi connectivity index (χ3n) is 6.43. The molecule has 3 aromatic rings. The molecule has 0 fully saturated rings. The Morgan fingerprint density at radius 3 is 2.57 bits per heavy atom. The predicted octanol–water partition coefficient (Wildman–Crippen LogP) is 4.89. The zero-order valence-electron chi connectivity index (χ0n) is 19.3. The Morgan fingerprint density at radius 1 is 1.23 bits per heavy atom. The molecule has 2 amide bonds. The lowest BCUT2D eigenvalue weighted by Gasteiger charge is -2.33. The first-order valence-corrected chi connectivity index (χ1v) is 12.0. The van der Waals surface area contributed by atoms with Gasteiger partial charge in [-0.1, -0.05) is 26.0 Å². The van der Waals surface area contributed by atoms with Crippen molar-refractivity contribution in [2.45, 2.75) is 25.7 Å². The second-order valence-corrected chi connectivity index (χ2v) is 10.2. The molecule has 1 unspecified atom stereocenters. The van der Waals surface area contributed by atoms with Crippen molar-refractivity contribution in [2.75, 3.05) is 23.9 Å². The number of fused-ring (bicyclic) bond motifs is 4. The molecule has 0 aliphatic carbocycles. The summed E-state index contributed by atoms with van der Waals surface area (Å²) in [5.41, 5.74) is 0.594. The number of carboxylic acid groups (broad SMARTS) is 1. The van der Waals surface area contributed by atoms with Crippen molar-refractivity contribution in [3.63, 3.8) is 0 Å². The van der Waals surface area contributed by atoms with Crippen molar-refractivity contribution < 1.29 is 28.6 Å². The first-order chi connectivity index (χ1) is 16.7. The van der Waals surface area contributed by atoms with Crippen LogP contribution in [0.2, 0.25) is 0 Å². The van der Waals surface area contributed by atoms with Gasteiger partial charge in [0.1, 0.15) is 21.9 Å². The summed E-state index contributed by atoms with van der Waals surface area (Å²) in [5, 5.41) is 12.9. The number of methoxy groups -OCH3 is 1. The maximum atomic E-state index is 14.5. The lowest BCUT2D eigenvalue weighted by molar-refractivity contribution is -0.126. The number of hydrogen-bond acceptors (Lipinski definition) is 5. The molecule has 1 aromatic heterocycles. The number of ether oxygens (including phenoxy) is 1. The summed E-state index contributed by atoms with van der Waals surface area (Å²) < 4.78 is 19.7. The molecule has 2 aliphatic heterocycles. The van der Waals surface area contributed by atoms with Gasteiger partial charge in [0.25, 0.3) is 0 Å². The molecular formula is C26H23FN2O5S. The van der Waals surface area contributed by atoms with Gasteiger partial charge in [0.05, 0.1) is 24.1 Å². The third-order valence-corrected chi connectivity index (χ3v) is 7.77. The summed E-state index contributed by atoms with van der Waals surface area (Å²) in [6.45, 7) is 4.32. The predicted molar refractivity (Wildman–Crippen MR) is 131 cm³/mol. The van der Waals surface area contributed by atoms with Gasteiger partial charge in [-0.25, -0.2) is 9.18 Å². The minimum absolute atomic E-state index is 0.00481. The van der Waals surface area contributed by atoms with Gasteiger partial charge in [0.2, 0.25) is 11.8 Å². The fourth-order valence-corrected chi connectivity index (χ4v) is 6.33. The van der Waals surface area contributed by atoms with E-state index in [0.717, 1.165) is 11.3 Å². The number of thiophene rings is 1. The Bertz CT molecular complexity index is 1380. The Morgan fingerprint density at radius 2 is 1.94 bits per heavy atom. The zero-order valence-corrected chi connectivity index (χ0v) is 20.2. The van der Waals surface area contributed by atoms with E-state index in [-0.39, 0.29) is 28.8 Å². The highest BCUT2D eigenvalue weighted by molar-refractivity contribution is 7.15. The molecule has 0 saturated carbocycles. The topological polar surface area (TPSA) is 95.9 Å². The van der Waals surface area contributed by atoms with E-state index in [9.17, 15) is 23.9 Å². The van der Waals surface area contributed by atoms with Crippen LogP contribution in [0.5, 0.6) is 5.75 Å². The Balaban J connectivity index is 1.81. The van der Waals surface area contributed by atoms with Crippen molar-refractivity contribution in [1.82, 2.24) is 0 Å². The number of anilines is 2. The number of amides is 2. The number of carbonyl (C=O) groups is 3. The van der Waals surface area contributed by atoms with Gasteiger partial charge in [-0.05, 0) is 41.8 Å².